The molecule has 8 nitrogen and oxygen atoms in total. The van der Waals surface area contributed by atoms with Crippen molar-refractivity contribution in [3.05, 3.63) is 58.6 Å². The average Bonchev–Trinajstić information content (AvgIpc) is 2.82. The first-order valence-corrected chi connectivity index (χ1v) is 11.9. The number of aromatic nitrogens is 2. The number of hydrogen-bond acceptors (Lipinski definition) is 6. The summed E-state index contributed by atoms with van der Waals surface area (Å²) in [6.07, 6.45) is 2.91. The molecule has 8 heteroatoms. The second-order valence-electron chi connectivity index (χ2n) is 9.62. The number of nitrogens with zero attached hydrogens (tertiary/aromatic N) is 5. The molecule has 3 heterocycles. The van der Waals surface area contributed by atoms with Crippen molar-refractivity contribution >= 4 is 11.7 Å². The Balaban J connectivity index is 1.31. The van der Waals surface area contributed by atoms with Crippen molar-refractivity contribution in [1.82, 2.24) is 19.4 Å². The van der Waals surface area contributed by atoms with E-state index in [1.54, 1.807) is 12.4 Å². The Bertz CT molecular complexity index is 993. The number of anilines is 1. The minimum atomic E-state index is -1.01. The summed E-state index contributed by atoms with van der Waals surface area (Å²) in [5.74, 6) is 0.969. The lowest BCUT2D eigenvalue weighted by Crippen LogP contribution is -2.50. The molecule has 178 valence electrons. The van der Waals surface area contributed by atoms with Crippen LogP contribution in [0.1, 0.15) is 37.7 Å². The number of hydrogen-bond donors (Lipinski definition) is 1. The molecule has 2 saturated heterocycles. The van der Waals surface area contributed by atoms with Crippen LogP contribution in [0.15, 0.2) is 47.5 Å². The molecule has 1 aromatic heterocycles. The number of amides is 1. The zero-order valence-electron chi connectivity index (χ0n) is 19.7. The molecular formula is C25H35N5O3. The summed E-state index contributed by atoms with van der Waals surface area (Å²) in [5.41, 5.74) is -0.00307. The van der Waals surface area contributed by atoms with Gasteiger partial charge >= 0.3 is 0 Å². The minimum Gasteiger partial charge on any atom is -0.388 e. The maximum absolute atomic E-state index is 12.8. The highest BCUT2D eigenvalue weighted by Gasteiger charge is 2.35. The quantitative estimate of drug-likeness (QED) is 0.715. The summed E-state index contributed by atoms with van der Waals surface area (Å²) in [6, 6.07) is 11.6. The third-order valence-corrected chi connectivity index (χ3v) is 7.05. The van der Waals surface area contributed by atoms with Gasteiger partial charge in [-0.05, 0) is 31.4 Å². The van der Waals surface area contributed by atoms with Gasteiger partial charge in [-0.25, -0.2) is 4.98 Å². The normalized spacial score (nSPS) is 20.0. The van der Waals surface area contributed by atoms with Crippen molar-refractivity contribution in [2.24, 2.45) is 0 Å². The van der Waals surface area contributed by atoms with Crippen molar-refractivity contribution in [3.8, 4) is 0 Å². The van der Waals surface area contributed by atoms with Gasteiger partial charge in [0.05, 0.1) is 18.5 Å². The van der Waals surface area contributed by atoms with E-state index in [2.05, 4.69) is 28.8 Å². The highest BCUT2D eigenvalue weighted by atomic mass is 16.3. The lowest BCUT2D eigenvalue weighted by molar-refractivity contribution is -0.136. The number of piperidine rings is 1. The molecule has 1 aromatic carbocycles. The molecular weight excluding hydrogens is 418 g/mol. The van der Waals surface area contributed by atoms with Gasteiger partial charge in [0.1, 0.15) is 5.82 Å². The van der Waals surface area contributed by atoms with E-state index in [4.69, 9.17) is 0 Å². The standard InChI is InChI=1S/C25H35N5O3/c1-20(21-6-4-3-5-7-21)16-23(31)29-10-8-25(33,9-11-29)18-30-19-26-22(17-24(30)32)28-14-12-27(2)13-15-28/h3-7,17,19-20,33H,8-16,18H2,1-2H3/t20-/m1/s1. The summed E-state index contributed by atoms with van der Waals surface area (Å²) in [4.78, 5) is 36.2. The number of piperazine rings is 1. The van der Waals surface area contributed by atoms with Crippen LogP contribution in [-0.2, 0) is 11.3 Å². The number of rotatable bonds is 6. The molecule has 0 spiro atoms. The minimum absolute atomic E-state index is 0.115. The second kappa shape index (κ2) is 10.1. The zero-order valence-corrected chi connectivity index (χ0v) is 19.7. The predicted octanol–water partition coefficient (Wildman–Crippen LogP) is 1.54. The Morgan fingerprint density at radius 1 is 1.09 bits per heavy atom. The molecule has 4 rings (SSSR count). The Labute approximate surface area is 195 Å². The van der Waals surface area contributed by atoms with Crippen molar-refractivity contribution in [3.63, 3.8) is 0 Å². The number of carbonyl (C=O) groups is 1. The SMILES string of the molecule is C[C@H](CC(=O)N1CCC(O)(Cn2cnc(N3CCN(C)CC3)cc2=O)CC1)c1ccccc1. The van der Waals surface area contributed by atoms with Crippen LogP contribution in [0.3, 0.4) is 0 Å². The van der Waals surface area contributed by atoms with Crippen LogP contribution in [0.25, 0.3) is 0 Å². The van der Waals surface area contributed by atoms with E-state index in [0.29, 0.717) is 38.2 Å². The van der Waals surface area contributed by atoms with Crippen molar-refractivity contribution < 1.29 is 9.90 Å². The monoisotopic (exact) mass is 453 g/mol. The number of likely N-dealkylation sites (tertiary alicyclic amines) is 1. The van der Waals surface area contributed by atoms with E-state index in [-0.39, 0.29) is 23.9 Å². The predicted molar refractivity (Wildman–Crippen MR) is 128 cm³/mol. The fourth-order valence-electron chi connectivity index (χ4n) is 4.68. The zero-order chi connectivity index (χ0) is 23.4. The maximum Gasteiger partial charge on any atom is 0.255 e. The van der Waals surface area contributed by atoms with E-state index < -0.39 is 5.60 Å². The highest BCUT2D eigenvalue weighted by Crippen LogP contribution is 2.26. The van der Waals surface area contributed by atoms with E-state index in [1.165, 1.54) is 4.57 Å². The van der Waals surface area contributed by atoms with Gasteiger partial charge in [0, 0.05) is 51.8 Å². The van der Waals surface area contributed by atoms with Gasteiger partial charge < -0.3 is 19.8 Å². The van der Waals surface area contributed by atoms with E-state index in [9.17, 15) is 14.7 Å². The first-order valence-electron chi connectivity index (χ1n) is 11.9. The van der Waals surface area contributed by atoms with Crippen LogP contribution in [0.5, 0.6) is 0 Å². The largest absolute Gasteiger partial charge is 0.388 e. The molecule has 0 aliphatic carbocycles. The number of carbonyl (C=O) groups excluding carboxylic acids is 1. The molecule has 0 saturated carbocycles. The Morgan fingerprint density at radius 3 is 2.39 bits per heavy atom. The first-order chi connectivity index (χ1) is 15.8. The number of aliphatic hydroxyl groups is 1. The summed E-state index contributed by atoms with van der Waals surface area (Å²) < 4.78 is 1.49. The van der Waals surface area contributed by atoms with Crippen LogP contribution in [0, 0.1) is 0 Å². The molecule has 2 fully saturated rings. The summed E-state index contributed by atoms with van der Waals surface area (Å²) in [7, 11) is 2.09. The van der Waals surface area contributed by atoms with E-state index >= 15 is 0 Å². The van der Waals surface area contributed by atoms with Gasteiger partial charge in [-0.2, -0.15) is 0 Å². The molecule has 1 atom stereocenters. The van der Waals surface area contributed by atoms with Gasteiger partial charge in [0.2, 0.25) is 5.91 Å². The van der Waals surface area contributed by atoms with E-state index in [1.807, 2.05) is 35.2 Å². The van der Waals surface area contributed by atoms with Crippen LogP contribution < -0.4 is 10.5 Å². The molecule has 1 N–H and O–H groups in total. The topological polar surface area (TPSA) is 81.9 Å². The molecule has 0 bridgehead atoms. The molecule has 33 heavy (non-hydrogen) atoms. The molecule has 1 amide bonds. The molecule has 0 radical (unpaired) electrons. The molecule has 2 aliphatic heterocycles. The fourth-order valence-corrected chi connectivity index (χ4v) is 4.68. The average molecular weight is 454 g/mol. The molecule has 2 aromatic rings. The third kappa shape index (κ3) is 5.81. The number of likely N-dealkylation sites (N-methyl/N-ethyl adjacent to an activating group) is 1. The summed E-state index contributed by atoms with van der Waals surface area (Å²) >= 11 is 0. The third-order valence-electron chi connectivity index (χ3n) is 7.05. The van der Waals surface area contributed by atoms with Gasteiger partial charge in [-0.1, -0.05) is 37.3 Å². The highest BCUT2D eigenvalue weighted by molar-refractivity contribution is 5.77. The molecule has 0 unspecified atom stereocenters. The lowest BCUT2D eigenvalue weighted by atomic mass is 9.90. The van der Waals surface area contributed by atoms with Gasteiger partial charge in [-0.15, -0.1) is 0 Å². The Hall–Kier alpha value is -2.71. The van der Waals surface area contributed by atoms with Crippen LogP contribution in [-0.4, -0.2) is 82.3 Å². The first kappa shape index (κ1) is 23.4. The molecule has 2 aliphatic rings. The summed E-state index contributed by atoms with van der Waals surface area (Å²) in [5, 5.41) is 11.1. The van der Waals surface area contributed by atoms with Crippen LogP contribution >= 0.6 is 0 Å². The Morgan fingerprint density at radius 2 is 1.76 bits per heavy atom. The van der Waals surface area contributed by atoms with Gasteiger partial charge in [0.15, 0.2) is 0 Å². The van der Waals surface area contributed by atoms with Crippen LogP contribution in [0.4, 0.5) is 5.82 Å². The Kier molecular flexibility index (Phi) is 7.14. The van der Waals surface area contributed by atoms with Gasteiger partial charge in [-0.3, -0.25) is 14.2 Å². The fraction of sp³-hybridized carbons (Fsp3) is 0.560. The van der Waals surface area contributed by atoms with Crippen LogP contribution in [0.2, 0.25) is 0 Å². The smallest absolute Gasteiger partial charge is 0.255 e. The lowest BCUT2D eigenvalue weighted by Gasteiger charge is -2.39. The van der Waals surface area contributed by atoms with E-state index in [0.717, 1.165) is 31.7 Å². The van der Waals surface area contributed by atoms with Gasteiger partial charge in [0.25, 0.3) is 5.56 Å². The maximum atomic E-state index is 12.8. The van der Waals surface area contributed by atoms with Crippen molar-refractivity contribution in [2.75, 3.05) is 51.2 Å². The van der Waals surface area contributed by atoms with Crippen molar-refractivity contribution in [2.45, 2.75) is 44.2 Å². The second-order valence-corrected chi connectivity index (χ2v) is 9.62. The summed E-state index contributed by atoms with van der Waals surface area (Å²) in [6.45, 7) is 6.86. The van der Waals surface area contributed by atoms with Crippen molar-refractivity contribution in [1.29, 1.82) is 0 Å². The number of benzene rings is 1.